The Morgan fingerprint density at radius 3 is 2.24 bits per heavy atom. The van der Waals surface area contributed by atoms with Crippen molar-refractivity contribution in [1.29, 1.82) is 0 Å². The van der Waals surface area contributed by atoms with Gasteiger partial charge in [-0.15, -0.1) is 0 Å². The summed E-state index contributed by atoms with van der Waals surface area (Å²) in [5.74, 6) is -1.42. The normalized spacial score (nSPS) is 21.9. The zero-order valence-corrected chi connectivity index (χ0v) is 33.7. The first-order valence-electron chi connectivity index (χ1n) is 20.9. The first kappa shape index (κ1) is 39.0. The van der Waals surface area contributed by atoms with Crippen LogP contribution in [0.4, 0.5) is 15.9 Å². The monoisotopic (exact) mass is 834 g/mol. The van der Waals surface area contributed by atoms with Crippen LogP contribution in [-0.4, -0.2) is 96.3 Å². The first-order chi connectivity index (χ1) is 30.2. The van der Waals surface area contributed by atoms with Crippen molar-refractivity contribution < 1.29 is 28.3 Å². The Labute approximate surface area is 355 Å². The second-order valence-corrected chi connectivity index (χ2v) is 16.1. The molecule has 15 nitrogen and oxygen atoms in total. The second kappa shape index (κ2) is 16.0. The van der Waals surface area contributed by atoms with Crippen molar-refractivity contribution in [2.75, 3.05) is 36.8 Å². The van der Waals surface area contributed by atoms with Crippen LogP contribution in [0.25, 0.3) is 22.3 Å². The zero-order chi connectivity index (χ0) is 42.5. The number of benzene rings is 3. The van der Waals surface area contributed by atoms with Gasteiger partial charge in [0.05, 0.1) is 33.9 Å². The van der Waals surface area contributed by atoms with Crippen LogP contribution in [-0.2, 0) is 9.59 Å². The Hall–Kier alpha value is -7.20. The lowest BCUT2D eigenvalue weighted by molar-refractivity contribution is -0.136. The van der Waals surface area contributed by atoms with E-state index in [2.05, 4.69) is 25.1 Å². The lowest BCUT2D eigenvalue weighted by Gasteiger charge is -2.43. The number of rotatable bonds is 8. The third-order valence-electron chi connectivity index (χ3n) is 12.5. The molecule has 0 spiro atoms. The van der Waals surface area contributed by atoms with E-state index in [1.165, 1.54) is 12.4 Å². The number of anilines is 2. The zero-order valence-electron chi connectivity index (χ0n) is 33.7. The molecule has 2 aromatic heterocycles. The fourth-order valence-corrected chi connectivity index (χ4v) is 9.31. The minimum absolute atomic E-state index is 0.000953. The molecule has 3 fully saturated rings. The first-order valence-corrected chi connectivity index (χ1v) is 20.9. The SMILES string of the molecule is Nc1ncnc2c1c(-c1ccc(Oc3ccccc3)cc1)nn2C1CCC(N2CCN(C3=CN(c4cc5c(cc4F)C(=O)N([C@@H]4CCC(=O)NC4=O)C5=O)C=CC=C3)CC2)CC1. The molecule has 1 aliphatic carbocycles. The average Bonchev–Trinajstić information content (AvgIpc) is 3.66. The number of amides is 4. The number of aromatic nitrogens is 4. The third-order valence-corrected chi connectivity index (χ3v) is 12.5. The minimum atomic E-state index is -1.13. The summed E-state index contributed by atoms with van der Waals surface area (Å²) >= 11 is 0. The van der Waals surface area contributed by atoms with E-state index in [4.69, 9.17) is 15.6 Å². The van der Waals surface area contributed by atoms with Crippen molar-refractivity contribution in [3.8, 4) is 22.8 Å². The number of allylic oxidation sites excluding steroid dienone is 3. The van der Waals surface area contributed by atoms with Gasteiger partial charge in [0.2, 0.25) is 11.8 Å². The van der Waals surface area contributed by atoms with Gasteiger partial charge in [-0.1, -0.05) is 24.3 Å². The molecule has 314 valence electrons. The van der Waals surface area contributed by atoms with E-state index in [0.717, 1.165) is 102 Å². The summed E-state index contributed by atoms with van der Waals surface area (Å²) in [6.45, 7) is 3.25. The fraction of sp³-hybridized carbons (Fsp3) is 0.283. The number of nitrogens with two attached hydrogens (primary N) is 1. The molecule has 1 atom stereocenters. The van der Waals surface area contributed by atoms with E-state index in [-0.39, 0.29) is 35.7 Å². The molecule has 2 saturated heterocycles. The van der Waals surface area contributed by atoms with Crippen LogP contribution in [0, 0.1) is 5.82 Å². The lowest BCUT2D eigenvalue weighted by atomic mass is 9.90. The van der Waals surface area contributed by atoms with Crippen LogP contribution in [0.2, 0.25) is 0 Å². The summed E-state index contributed by atoms with van der Waals surface area (Å²) in [6.07, 6.45) is 14.6. The van der Waals surface area contributed by atoms with Gasteiger partial charge in [0, 0.05) is 56.6 Å². The van der Waals surface area contributed by atoms with Crippen LogP contribution in [0.3, 0.4) is 0 Å². The number of nitrogens with one attached hydrogen (secondary N) is 1. The van der Waals surface area contributed by atoms with Gasteiger partial charge in [0.25, 0.3) is 11.8 Å². The highest BCUT2D eigenvalue weighted by Crippen LogP contribution is 2.39. The Morgan fingerprint density at radius 2 is 1.50 bits per heavy atom. The molecule has 62 heavy (non-hydrogen) atoms. The Morgan fingerprint density at radius 1 is 0.790 bits per heavy atom. The van der Waals surface area contributed by atoms with Crippen molar-refractivity contribution in [3.63, 3.8) is 0 Å². The van der Waals surface area contributed by atoms with Gasteiger partial charge in [0.1, 0.15) is 41.2 Å². The average molecular weight is 835 g/mol. The number of para-hydroxylation sites is 1. The molecule has 0 unspecified atom stereocenters. The maximum absolute atomic E-state index is 15.8. The molecule has 3 aromatic carbocycles. The van der Waals surface area contributed by atoms with Gasteiger partial charge < -0.3 is 20.3 Å². The van der Waals surface area contributed by atoms with Crippen molar-refractivity contribution in [3.05, 3.63) is 126 Å². The summed E-state index contributed by atoms with van der Waals surface area (Å²) in [7, 11) is 0. The largest absolute Gasteiger partial charge is 0.457 e. The topological polar surface area (TPSA) is 172 Å². The summed E-state index contributed by atoms with van der Waals surface area (Å²) < 4.78 is 23.9. The highest BCUT2D eigenvalue weighted by molar-refractivity contribution is 6.23. The maximum Gasteiger partial charge on any atom is 0.262 e. The number of piperidine rings is 1. The second-order valence-electron chi connectivity index (χ2n) is 16.1. The van der Waals surface area contributed by atoms with E-state index >= 15 is 4.39 Å². The summed E-state index contributed by atoms with van der Waals surface area (Å²) in [5.41, 5.74) is 9.73. The number of ether oxygens (including phenoxy) is 1. The molecule has 16 heteroatoms. The predicted octanol–water partition coefficient (Wildman–Crippen LogP) is 5.94. The lowest BCUT2D eigenvalue weighted by Crippen LogP contribution is -2.54. The molecule has 6 heterocycles. The molecule has 10 rings (SSSR count). The van der Waals surface area contributed by atoms with Gasteiger partial charge in [-0.2, -0.15) is 5.10 Å². The number of piperazine rings is 1. The molecule has 5 aliphatic rings. The quantitative estimate of drug-likeness (QED) is 0.177. The van der Waals surface area contributed by atoms with Crippen LogP contribution in [0.5, 0.6) is 11.5 Å². The van der Waals surface area contributed by atoms with Crippen molar-refractivity contribution >= 4 is 46.2 Å². The van der Waals surface area contributed by atoms with E-state index in [9.17, 15) is 19.2 Å². The smallest absolute Gasteiger partial charge is 0.262 e. The Bertz CT molecular complexity index is 2700. The van der Waals surface area contributed by atoms with Crippen molar-refractivity contribution in [1.82, 2.24) is 39.8 Å². The van der Waals surface area contributed by atoms with Crippen LogP contribution in [0.1, 0.15) is 65.3 Å². The van der Waals surface area contributed by atoms with E-state index in [1.54, 1.807) is 17.2 Å². The number of nitrogen functional groups attached to an aromatic ring is 1. The van der Waals surface area contributed by atoms with Crippen LogP contribution >= 0.6 is 0 Å². The molecule has 0 bridgehead atoms. The molecular formula is C46H43FN10O5. The van der Waals surface area contributed by atoms with Crippen molar-refractivity contribution in [2.24, 2.45) is 0 Å². The molecule has 1 saturated carbocycles. The van der Waals surface area contributed by atoms with Crippen LogP contribution < -0.4 is 20.7 Å². The highest BCUT2D eigenvalue weighted by Gasteiger charge is 2.45. The van der Waals surface area contributed by atoms with E-state index in [0.29, 0.717) is 11.9 Å². The minimum Gasteiger partial charge on any atom is -0.457 e. The Kier molecular flexibility index (Phi) is 10.1. The highest BCUT2D eigenvalue weighted by atomic mass is 19.1. The number of carbonyl (C=O) groups is 4. The number of halogens is 1. The third kappa shape index (κ3) is 7.15. The summed E-state index contributed by atoms with van der Waals surface area (Å²) in [6, 6.07) is 19.3. The van der Waals surface area contributed by atoms with Gasteiger partial charge >= 0.3 is 0 Å². The fourth-order valence-electron chi connectivity index (χ4n) is 9.31. The van der Waals surface area contributed by atoms with Gasteiger partial charge in [-0.25, -0.2) is 19.0 Å². The number of fused-ring (bicyclic) bond motifs is 2. The Balaban J connectivity index is 0.789. The summed E-state index contributed by atoms with van der Waals surface area (Å²) in [4.78, 5) is 67.3. The number of carbonyl (C=O) groups excluding carboxylic acids is 4. The molecule has 4 amide bonds. The maximum atomic E-state index is 15.8. The molecular weight excluding hydrogens is 792 g/mol. The molecule has 3 N–H and O–H groups in total. The molecule has 4 aliphatic heterocycles. The van der Waals surface area contributed by atoms with Gasteiger partial charge in [0.15, 0.2) is 5.65 Å². The number of imide groups is 2. The van der Waals surface area contributed by atoms with E-state index in [1.807, 2.05) is 77.6 Å². The molecule has 5 aromatic rings. The standard InChI is InChI=1S/C46H43FN10O5/c47-36-24-34-35(46(61)56(45(34)60)37-17-18-39(58)51-44(37)59)25-38(36)55-19-5-4-6-31(26-55)54-22-20-53(21-23-54)29-11-13-30(14-12-29)57-43-40(42(48)49-27-50-43)41(52-57)28-9-15-33(16-10-28)62-32-7-2-1-3-8-32/h1-10,15-16,19,24-27,29-30,37H,11-14,17-18,20-23H2,(H2,48,49,50)(H,51,58,59)/t29?,30?,37-/m1/s1. The number of hydrogen-bond acceptors (Lipinski definition) is 12. The van der Waals surface area contributed by atoms with Crippen molar-refractivity contribution in [2.45, 2.75) is 56.7 Å². The predicted molar refractivity (Wildman–Crippen MR) is 228 cm³/mol. The van der Waals surface area contributed by atoms with Gasteiger partial charge in [-0.05, 0) is 92.8 Å². The number of nitrogens with zero attached hydrogens (tertiary/aromatic N) is 8. The van der Waals surface area contributed by atoms with Gasteiger partial charge in [-0.3, -0.25) is 34.3 Å². The van der Waals surface area contributed by atoms with Crippen LogP contribution in [0.15, 0.2) is 109 Å². The number of hydrogen-bond donors (Lipinski definition) is 2. The molecule has 0 radical (unpaired) electrons. The summed E-state index contributed by atoms with van der Waals surface area (Å²) in [5, 5.41) is 8.05. The van der Waals surface area contributed by atoms with E-state index < -0.39 is 35.5 Å².